The zero-order valence-corrected chi connectivity index (χ0v) is 22.4. The number of hydrogen-bond acceptors (Lipinski definition) is 8. The Morgan fingerprint density at radius 1 is 1.22 bits per heavy atom. The first-order valence-corrected chi connectivity index (χ1v) is 13.4. The van der Waals surface area contributed by atoms with Crippen LogP contribution in [0.2, 0.25) is 0 Å². The number of carbonyl (C=O) groups is 2. The quantitative estimate of drug-likeness (QED) is 0.328. The molecule has 0 spiro atoms. The minimum Gasteiger partial charge on any atom is -0.394 e. The molecule has 0 bridgehead atoms. The summed E-state index contributed by atoms with van der Waals surface area (Å²) in [5, 5.41) is 44.3. The van der Waals surface area contributed by atoms with Crippen molar-refractivity contribution in [2.24, 2.45) is 28.1 Å². The molecule has 9 nitrogen and oxygen atoms in total. The minimum atomic E-state index is -1.50. The molecular formula is C28H43NO8. The summed E-state index contributed by atoms with van der Waals surface area (Å²) in [6.45, 7) is 9.68. The molecule has 0 unspecified atom stereocenters. The van der Waals surface area contributed by atoms with Crippen LogP contribution >= 0.6 is 0 Å². The van der Waals surface area contributed by atoms with Gasteiger partial charge in [-0.05, 0) is 54.4 Å². The number of aliphatic hydroxyl groups excluding tert-OH is 4. The van der Waals surface area contributed by atoms with Crippen molar-refractivity contribution in [1.82, 2.24) is 5.32 Å². The molecule has 208 valence electrons. The molecule has 1 aliphatic heterocycles. The number of allylic oxidation sites excluding steroid dienone is 3. The Balaban J connectivity index is 1.63. The van der Waals surface area contributed by atoms with Gasteiger partial charge in [-0.25, -0.2) is 0 Å². The van der Waals surface area contributed by atoms with E-state index in [1.54, 1.807) is 0 Å². The fourth-order valence-corrected chi connectivity index (χ4v) is 7.39. The number of ketones is 1. The zero-order chi connectivity index (χ0) is 27.3. The van der Waals surface area contributed by atoms with Gasteiger partial charge in [0, 0.05) is 18.9 Å². The second-order valence-corrected chi connectivity index (χ2v) is 12.3. The highest BCUT2D eigenvalue weighted by molar-refractivity contribution is 5.98. The molecule has 0 aromatic rings. The van der Waals surface area contributed by atoms with E-state index in [4.69, 9.17) is 9.47 Å². The Kier molecular flexibility index (Phi) is 7.80. The normalized spacial score (nSPS) is 46.2. The molecule has 0 radical (unpaired) electrons. The number of fused-ring (bicyclic) bond motifs is 2. The van der Waals surface area contributed by atoms with Crippen molar-refractivity contribution in [2.75, 3.05) is 20.3 Å². The summed E-state index contributed by atoms with van der Waals surface area (Å²) in [5.41, 5.74) is 0.917. The smallest absolute Gasteiger partial charge is 0.230 e. The van der Waals surface area contributed by atoms with Gasteiger partial charge >= 0.3 is 0 Å². The van der Waals surface area contributed by atoms with Crippen LogP contribution in [0.4, 0.5) is 0 Å². The Morgan fingerprint density at radius 2 is 1.92 bits per heavy atom. The first-order chi connectivity index (χ1) is 17.3. The lowest BCUT2D eigenvalue weighted by Gasteiger charge is -2.59. The lowest BCUT2D eigenvalue weighted by atomic mass is 9.46. The first kappa shape index (κ1) is 28.4. The molecule has 1 amide bonds. The monoisotopic (exact) mass is 521 g/mol. The van der Waals surface area contributed by atoms with Crippen molar-refractivity contribution in [3.63, 3.8) is 0 Å². The largest absolute Gasteiger partial charge is 0.394 e. The van der Waals surface area contributed by atoms with Crippen LogP contribution in [0, 0.1) is 28.1 Å². The predicted octanol–water partition coefficient (Wildman–Crippen LogP) is 1.23. The molecule has 10 atom stereocenters. The van der Waals surface area contributed by atoms with E-state index in [0.717, 1.165) is 24.8 Å². The number of carbonyl (C=O) groups excluding carboxylic acids is 2. The van der Waals surface area contributed by atoms with E-state index in [2.05, 4.69) is 25.7 Å². The third kappa shape index (κ3) is 4.61. The van der Waals surface area contributed by atoms with Gasteiger partial charge in [0.2, 0.25) is 5.91 Å². The molecule has 37 heavy (non-hydrogen) atoms. The van der Waals surface area contributed by atoms with Crippen LogP contribution in [0.25, 0.3) is 0 Å². The Labute approximate surface area is 218 Å². The van der Waals surface area contributed by atoms with Gasteiger partial charge in [-0.1, -0.05) is 32.4 Å². The summed E-state index contributed by atoms with van der Waals surface area (Å²) in [5.74, 6) is -1.87. The summed E-state index contributed by atoms with van der Waals surface area (Å²) in [4.78, 5) is 26.1. The summed E-state index contributed by atoms with van der Waals surface area (Å²) in [6, 6.07) is 0. The molecule has 3 aliphatic carbocycles. The lowest BCUT2D eigenvalue weighted by Crippen LogP contribution is -2.61. The fraction of sp³-hybridized carbons (Fsp3) is 0.786. The SMILES string of the molecule is C=C[C@@]1(C)CCC2=C(C1)C(=O)C[C@@H]1[C@@](C)(CO[C@@H]3O[C@@H](CO)[C@H](O)[C@@H](O)[C@@H]3C(=O)NC)[C@@H](O)CC[C@]21C. The number of hydrogen-bond donors (Lipinski definition) is 5. The summed E-state index contributed by atoms with van der Waals surface area (Å²) < 4.78 is 11.9. The fourth-order valence-electron chi connectivity index (χ4n) is 7.39. The predicted molar refractivity (Wildman–Crippen MR) is 135 cm³/mol. The molecule has 5 N–H and O–H groups in total. The first-order valence-electron chi connectivity index (χ1n) is 13.4. The molecule has 1 heterocycles. The van der Waals surface area contributed by atoms with Gasteiger partial charge in [0.1, 0.15) is 18.1 Å². The minimum absolute atomic E-state index is 0.0200. The molecule has 9 heteroatoms. The summed E-state index contributed by atoms with van der Waals surface area (Å²) >= 11 is 0. The van der Waals surface area contributed by atoms with Gasteiger partial charge in [-0.3, -0.25) is 9.59 Å². The highest BCUT2D eigenvalue weighted by atomic mass is 16.7. The van der Waals surface area contributed by atoms with Crippen LogP contribution in [-0.2, 0) is 19.1 Å². The van der Waals surface area contributed by atoms with Crippen molar-refractivity contribution in [3.05, 3.63) is 23.8 Å². The molecule has 0 aromatic heterocycles. The van der Waals surface area contributed by atoms with Gasteiger partial charge in [0.25, 0.3) is 0 Å². The van der Waals surface area contributed by atoms with Crippen LogP contribution in [0.1, 0.15) is 59.3 Å². The average molecular weight is 522 g/mol. The van der Waals surface area contributed by atoms with E-state index in [0.29, 0.717) is 19.3 Å². The molecule has 4 aliphatic rings. The van der Waals surface area contributed by atoms with E-state index in [-0.39, 0.29) is 29.1 Å². The molecule has 0 aromatic carbocycles. The van der Waals surface area contributed by atoms with Crippen molar-refractivity contribution in [3.8, 4) is 0 Å². The maximum Gasteiger partial charge on any atom is 0.230 e. The standard InChI is InChI=1S/C28H43NO8/c1-6-26(2)9-7-16-15(12-26)17(31)11-19-27(16,3)10-8-20(32)28(19,4)14-36-25-21(24(35)29-5)23(34)22(33)18(13-30)37-25/h6,18-23,25,30,32-34H,1,7-14H2,2-5H3,(H,29,35)/t18-,19-,20-,21+,22-,23-,25+,26-,27+,28+/m0/s1. The number of ether oxygens (including phenoxy) is 2. The average Bonchev–Trinajstić information content (AvgIpc) is 2.88. The molecule has 4 rings (SSSR count). The van der Waals surface area contributed by atoms with Gasteiger partial charge < -0.3 is 35.2 Å². The van der Waals surface area contributed by atoms with Crippen molar-refractivity contribution < 1.29 is 39.5 Å². The summed E-state index contributed by atoms with van der Waals surface area (Å²) in [7, 11) is 1.41. The topological polar surface area (TPSA) is 146 Å². The highest BCUT2D eigenvalue weighted by Gasteiger charge is 2.59. The molecule has 1 saturated carbocycles. The van der Waals surface area contributed by atoms with Crippen LogP contribution in [0.5, 0.6) is 0 Å². The maximum absolute atomic E-state index is 13.5. The van der Waals surface area contributed by atoms with E-state index >= 15 is 0 Å². The van der Waals surface area contributed by atoms with Crippen LogP contribution in [0.15, 0.2) is 23.8 Å². The second kappa shape index (κ2) is 10.2. The number of nitrogens with one attached hydrogen (secondary N) is 1. The molecular weight excluding hydrogens is 478 g/mol. The Morgan fingerprint density at radius 3 is 2.54 bits per heavy atom. The summed E-state index contributed by atoms with van der Waals surface area (Å²) in [6.07, 6.45) is -0.0806. The van der Waals surface area contributed by atoms with Crippen LogP contribution in [0.3, 0.4) is 0 Å². The van der Waals surface area contributed by atoms with Crippen molar-refractivity contribution in [1.29, 1.82) is 0 Å². The van der Waals surface area contributed by atoms with E-state index in [1.807, 2.05) is 13.0 Å². The van der Waals surface area contributed by atoms with Gasteiger partial charge in [0.15, 0.2) is 12.1 Å². The maximum atomic E-state index is 13.5. The van der Waals surface area contributed by atoms with Crippen LogP contribution in [-0.4, -0.2) is 83.1 Å². The number of rotatable bonds is 6. The van der Waals surface area contributed by atoms with Gasteiger partial charge in [-0.2, -0.15) is 0 Å². The Hall–Kier alpha value is -1.62. The second-order valence-electron chi connectivity index (χ2n) is 12.3. The number of aliphatic hydroxyl groups is 4. The third-order valence-corrected chi connectivity index (χ3v) is 10.1. The third-order valence-electron chi connectivity index (χ3n) is 10.1. The van der Waals surface area contributed by atoms with E-state index in [1.165, 1.54) is 12.6 Å². The van der Waals surface area contributed by atoms with E-state index in [9.17, 15) is 30.0 Å². The highest BCUT2D eigenvalue weighted by Crippen LogP contribution is 2.62. The van der Waals surface area contributed by atoms with Crippen molar-refractivity contribution >= 4 is 11.7 Å². The lowest BCUT2D eigenvalue weighted by molar-refractivity contribution is -0.292. The molecule has 1 saturated heterocycles. The number of amides is 1. The Bertz CT molecular complexity index is 966. The van der Waals surface area contributed by atoms with E-state index < -0.39 is 54.6 Å². The van der Waals surface area contributed by atoms with Gasteiger partial charge in [-0.15, -0.1) is 6.58 Å². The molecule has 2 fully saturated rings. The number of Topliss-reactive ketones (excluding diaryl/α,β-unsaturated/α-hetero) is 1. The zero-order valence-electron chi connectivity index (χ0n) is 22.4. The van der Waals surface area contributed by atoms with Crippen molar-refractivity contribution in [2.45, 2.75) is 90.0 Å². The van der Waals surface area contributed by atoms with Crippen LogP contribution < -0.4 is 5.32 Å². The van der Waals surface area contributed by atoms with Gasteiger partial charge in [0.05, 0.1) is 25.4 Å².